The Kier molecular flexibility index (Phi) is 11.0. The highest BCUT2D eigenvalue weighted by molar-refractivity contribution is 7.92. The number of amides is 2. The van der Waals surface area contributed by atoms with Crippen LogP contribution in [0.25, 0.3) is 0 Å². The topological polar surface area (TPSA) is 86.8 Å². The van der Waals surface area contributed by atoms with Crippen LogP contribution >= 0.6 is 11.6 Å². The molecule has 1 N–H and O–H groups in total. The summed E-state index contributed by atoms with van der Waals surface area (Å²) in [4.78, 5) is 29.4. The van der Waals surface area contributed by atoms with Gasteiger partial charge in [0.15, 0.2) is 0 Å². The van der Waals surface area contributed by atoms with Crippen LogP contribution in [0.5, 0.6) is 0 Å². The monoisotopic (exact) mass is 609 g/mol. The molecule has 1 aliphatic rings. The number of aryl methyl sites for hydroxylation is 1. The van der Waals surface area contributed by atoms with Crippen molar-refractivity contribution in [3.63, 3.8) is 0 Å². The van der Waals surface area contributed by atoms with Gasteiger partial charge < -0.3 is 10.2 Å². The molecule has 42 heavy (non-hydrogen) atoms. The van der Waals surface area contributed by atoms with E-state index in [2.05, 4.69) is 5.32 Å². The molecule has 1 atom stereocenters. The maximum atomic E-state index is 14.2. The second-order valence-electron chi connectivity index (χ2n) is 10.8. The summed E-state index contributed by atoms with van der Waals surface area (Å²) in [6.45, 7) is 3.51. The fourth-order valence-corrected chi connectivity index (χ4v) is 7.03. The lowest BCUT2D eigenvalue weighted by molar-refractivity contribution is -0.140. The van der Waals surface area contributed by atoms with Crippen molar-refractivity contribution in [1.82, 2.24) is 10.2 Å². The fourth-order valence-electron chi connectivity index (χ4n) is 5.43. The third kappa shape index (κ3) is 7.92. The van der Waals surface area contributed by atoms with E-state index < -0.39 is 28.5 Å². The summed E-state index contributed by atoms with van der Waals surface area (Å²) in [5.74, 6) is -0.644. The zero-order valence-corrected chi connectivity index (χ0v) is 25.9. The first-order chi connectivity index (χ1) is 20.2. The average molecular weight is 610 g/mol. The van der Waals surface area contributed by atoms with Gasteiger partial charge in [-0.3, -0.25) is 13.9 Å². The molecule has 1 fully saturated rings. The van der Waals surface area contributed by atoms with Crippen LogP contribution in [0.2, 0.25) is 5.02 Å². The van der Waals surface area contributed by atoms with E-state index in [0.717, 1.165) is 41.1 Å². The van der Waals surface area contributed by atoms with Crippen LogP contribution in [-0.4, -0.2) is 50.3 Å². The minimum absolute atomic E-state index is 0.0624. The zero-order valence-electron chi connectivity index (χ0n) is 24.3. The molecule has 0 aromatic heterocycles. The second-order valence-corrected chi connectivity index (χ2v) is 13.1. The lowest BCUT2D eigenvalue weighted by atomic mass is 9.95. The number of sulfonamides is 1. The van der Waals surface area contributed by atoms with Crippen LogP contribution < -0.4 is 9.62 Å². The molecule has 2 amide bonds. The van der Waals surface area contributed by atoms with Crippen LogP contribution in [-0.2, 0) is 26.0 Å². The lowest BCUT2D eigenvalue weighted by Crippen LogP contribution is -2.54. The van der Waals surface area contributed by atoms with E-state index >= 15 is 0 Å². The smallest absolute Gasteiger partial charge is 0.264 e. The Morgan fingerprint density at radius 3 is 2.21 bits per heavy atom. The highest BCUT2D eigenvalue weighted by atomic mass is 35.5. The molecule has 4 rings (SSSR count). The van der Waals surface area contributed by atoms with E-state index in [0.29, 0.717) is 17.9 Å². The van der Waals surface area contributed by atoms with Gasteiger partial charge in [0.2, 0.25) is 11.8 Å². The molecule has 7 nitrogen and oxygen atoms in total. The number of rotatable bonds is 12. The number of benzene rings is 3. The Morgan fingerprint density at radius 1 is 0.952 bits per heavy atom. The second kappa shape index (κ2) is 14.7. The molecule has 9 heteroatoms. The van der Waals surface area contributed by atoms with Crippen molar-refractivity contribution < 1.29 is 18.0 Å². The van der Waals surface area contributed by atoms with Crippen LogP contribution in [0.4, 0.5) is 5.69 Å². The first kappa shape index (κ1) is 31.6. The van der Waals surface area contributed by atoms with Gasteiger partial charge in [-0.05, 0) is 68.0 Å². The maximum Gasteiger partial charge on any atom is 0.264 e. The molecule has 0 aliphatic heterocycles. The van der Waals surface area contributed by atoms with Crippen molar-refractivity contribution in [2.45, 2.75) is 75.8 Å². The van der Waals surface area contributed by atoms with E-state index in [4.69, 9.17) is 11.6 Å². The predicted octanol–water partition coefficient (Wildman–Crippen LogP) is 6.14. The fraction of sp³-hybridized carbons (Fsp3) is 0.394. The Labute approximate surface area is 254 Å². The van der Waals surface area contributed by atoms with Crippen molar-refractivity contribution in [3.05, 3.63) is 95.0 Å². The first-order valence-corrected chi connectivity index (χ1v) is 16.5. The summed E-state index contributed by atoms with van der Waals surface area (Å²) in [5.41, 5.74) is 2.10. The normalized spacial score (nSPS) is 14.6. The van der Waals surface area contributed by atoms with Crippen LogP contribution in [0.3, 0.4) is 0 Å². The molecule has 3 aromatic carbocycles. The van der Waals surface area contributed by atoms with Gasteiger partial charge in [-0.2, -0.15) is 0 Å². The summed E-state index contributed by atoms with van der Waals surface area (Å²) in [5, 5.41) is 3.57. The summed E-state index contributed by atoms with van der Waals surface area (Å²) in [6, 6.07) is 22.1. The molecule has 3 aromatic rings. The minimum atomic E-state index is -4.13. The molecular formula is C33H40ClN3O4S. The van der Waals surface area contributed by atoms with E-state index in [1.807, 2.05) is 44.2 Å². The van der Waals surface area contributed by atoms with E-state index in [-0.39, 0.29) is 29.1 Å². The number of halogens is 1. The van der Waals surface area contributed by atoms with Gasteiger partial charge in [-0.15, -0.1) is 0 Å². The van der Waals surface area contributed by atoms with Gasteiger partial charge in [0.1, 0.15) is 12.6 Å². The molecule has 0 heterocycles. The number of hydrogen-bond donors (Lipinski definition) is 1. The molecule has 224 valence electrons. The van der Waals surface area contributed by atoms with Crippen molar-refractivity contribution in [3.8, 4) is 0 Å². The minimum Gasteiger partial charge on any atom is -0.352 e. The molecule has 1 unspecified atom stereocenters. The van der Waals surface area contributed by atoms with E-state index in [1.165, 1.54) is 18.6 Å². The Morgan fingerprint density at radius 2 is 1.60 bits per heavy atom. The standard InChI is InChI=1S/C33H40ClN3O4S/c1-3-31(33(39)35-27-15-9-5-10-16-27)36(22-21-26-13-7-4-8-14-26)32(38)24-37(28-20-19-25(2)30(34)23-28)42(40,41)29-17-11-6-12-18-29/h4,6-8,11-14,17-20,23,27,31H,3,5,9-10,15-16,21-22,24H2,1-2H3,(H,35,39). The molecular weight excluding hydrogens is 570 g/mol. The number of hydrogen-bond acceptors (Lipinski definition) is 4. The maximum absolute atomic E-state index is 14.2. The Balaban J connectivity index is 1.67. The molecule has 0 spiro atoms. The van der Waals surface area contributed by atoms with Crippen LogP contribution in [0.1, 0.15) is 56.6 Å². The van der Waals surface area contributed by atoms with Gasteiger partial charge in [0.25, 0.3) is 10.0 Å². The Bertz CT molecular complexity index is 1440. The molecule has 1 aliphatic carbocycles. The molecule has 0 bridgehead atoms. The summed E-state index contributed by atoms with van der Waals surface area (Å²) in [6.07, 6.45) is 6.10. The highest BCUT2D eigenvalue weighted by Crippen LogP contribution is 2.28. The van der Waals surface area contributed by atoms with Crippen LogP contribution in [0.15, 0.2) is 83.8 Å². The first-order valence-electron chi connectivity index (χ1n) is 14.7. The number of nitrogens with one attached hydrogen (secondary N) is 1. The van der Waals surface area contributed by atoms with Gasteiger partial charge in [0, 0.05) is 17.6 Å². The van der Waals surface area contributed by atoms with Crippen molar-refractivity contribution in [2.24, 2.45) is 0 Å². The number of anilines is 1. The number of carbonyl (C=O) groups excluding carboxylic acids is 2. The van der Waals surface area contributed by atoms with Crippen LogP contribution in [0, 0.1) is 6.92 Å². The average Bonchev–Trinajstić information content (AvgIpc) is 3.00. The predicted molar refractivity (Wildman–Crippen MR) is 168 cm³/mol. The Hall–Kier alpha value is -3.36. The SMILES string of the molecule is CCC(C(=O)NC1CCCCC1)N(CCc1ccccc1)C(=O)CN(c1ccc(C)c(Cl)c1)S(=O)(=O)c1ccccc1. The van der Waals surface area contributed by atoms with Crippen molar-refractivity contribution >= 4 is 39.1 Å². The third-order valence-corrected chi connectivity index (χ3v) is 10.1. The quantitative estimate of drug-likeness (QED) is 0.267. The largest absolute Gasteiger partial charge is 0.352 e. The van der Waals surface area contributed by atoms with Gasteiger partial charge in [-0.25, -0.2) is 8.42 Å². The van der Waals surface area contributed by atoms with Crippen molar-refractivity contribution in [1.29, 1.82) is 0 Å². The molecule has 0 radical (unpaired) electrons. The van der Waals surface area contributed by atoms with E-state index in [1.54, 1.807) is 41.3 Å². The summed E-state index contributed by atoms with van der Waals surface area (Å²) < 4.78 is 29.0. The van der Waals surface area contributed by atoms with Crippen molar-refractivity contribution in [2.75, 3.05) is 17.4 Å². The third-order valence-electron chi connectivity index (χ3n) is 7.88. The zero-order chi connectivity index (χ0) is 30.1. The van der Waals surface area contributed by atoms with Gasteiger partial charge in [0.05, 0.1) is 10.6 Å². The number of carbonyl (C=O) groups is 2. The molecule has 1 saturated carbocycles. The van der Waals surface area contributed by atoms with Gasteiger partial charge >= 0.3 is 0 Å². The lowest BCUT2D eigenvalue weighted by Gasteiger charge is -2.34. The highest BCUT2D eigenvalue weighted by Gasteiger charge is 2.34. The van der Waals surface area contributed by atoms with Gasteiger partial charge in [-0.1, -0.05) is 92.4 Å². The summed E-state index contributed by atoms with van der Waals surface area (Å²) >= 11 is 6.41. The number of nitrogens with zero attached hydrogens (tertiary/aromatic N) is 2. The molecule has 0 saturated heterocycles. The van der Waals surface area contributed by atoms with E-state index in [9.17, 15) is 18.0 Å². The summed E-state index contributed by atoms with van der Waals surface area (Å²) in [7, 11) is -4.13.